The summed E-state index contributed by atoms with van der Waals surface area (Å²) in [5.74, 6) is 0.307. The van der Waals surface area contributed by atoms with Gasteiger partial charge in [-0.05, 0) is 28.5 Å². The van der Waals surface area contributed by atoms with Crippen LogP contribution in [0, 0.1) is 0 Å². The molecular formula is C20H17N5O2. The molecule has 1 N–H and O–H groups in total. The summed E-state index contributed by atoms with van der Waals surface area (Å²) in [6.45, 7) is 0.588. The molecule has 27 heavy (non-hydrogen) atoms. The number of hydrogen-bond acceptors (Lipinski definition) is 5. The second kappa shape index (κ2) is 7.25. The van der Waals surface area contributed by atoms with Gasteiger partial charge in [-0.3, -0.25) is 4.79 Å². The highest BCUT2D eigenvalue weighted by Crippen LogP contribution is 2.24. The van der Waals surface area contributed by atoms with Crippen molar-refractivity contribution in [1.82, 2.24) is 20.0 Å². The number of amides is 1. The maximum Gasteiger partial charge on any atom is 0.256 e. The molecule has 1 amide bonds. The van der Waals surface area contributed by atoms with Gasteiger partial charge in [0.05, 0.1) is 31.7 Å². The summed E-state index contributed by atoms with van der Waals surface area (Å²) < 4.78 is 6.79. The van der Waals surface area contributed by atoms with Crippen LogP contribution >= 0.6 is 0 Å². The van der Waals surface area contributed by atoms with E-state index in [2.05, 4.69) is 20.6 Å². The van der Waals surface area contributed by atoms with Crippen molar-refractivity contribution in [3.8, 4) is 5.88 Å². The number of nitrogens with one attached hydrogen (secondary N) is 1. The Balaban J connectivity index is 1.66. The lowest BCUT2D eigenvalue weighted by atomic mass is 9.99. The maximum absolute atomic E-state index is 12.8. The van der Waals surface area contributed by atoms with Gasteiger partial charge in [-0.1, -0.05) is 35.5 Å². The van der Waals surface area contributed by atoms with Crippen molar-refractivity contribution in [2.24, 2.45) is 0 Å². The van der Waals surface area contributed by atoms with Gasteiger partial charge >= 0.3 is 0 Å². The van der Waals surface area contributed by atoms with Crippen LogP contribution in [0.4, 0.5) is 5.69 Å². The second-order valence-corrected chi connectivity index (χ2v) is 5.96. The third-order valence-electron chi connectivity index (χ3n) is 4.27. The highest BCUT2D eigenvalue weighted by atomic mass is 16.5. The van der Waals surface area contributed by atoms with Crippen LogP contribution in [0.15, 0.2) is 67.1 Å². The number of aromatic nitrogens is 4. The molecule has 0 unspecified atom stereocenters. The molecule has 0 atom stereocenters. The fourth-order valence-electron chi connectivity index (χ4n) is 2.96. The van der Waals surface area contributed by atoms with Gasteiger partial charge in [-0.15, -0.1) is 5.10 Å². The summed E-state index contributed by atoms with van der Waals surface area (Å²) in [7, 11) is 1.55. The minimum Gasteiger partial charge on any atom is -0.481 e. The average Bonchev–Trinajstić information content (AvgIpc) is 3.22. The molecule has 134 valence electrons. The molecule has 0 saturated carbocycles. The SMILES string of the molecule is COc1ccc(NC(=O)c2ccc(Cn3ccnn3)c3ccccc23)cn1. The number of hydrogen-bond donors (Lipinski definition) is 1. The van der Waals surface area contributed by atoms with Crippen molar-refractivity contribution in [3.05, 3.63) is 78.2 Å². The van der Waals surface area contributed by atoms with Gasteiger partial charge in [0.25, 0.3) is 5.91 Å². The molecule has 2 aromatic heterocycles. The first-order valence-electron chi connectivity index (χ1n) is 8.41. The van der Waals surface area contributed by atoms with E-state index in [9.17, 15) is 4.79 Å². The van der Waals surface area contributed by atoms with E-state index in [0.29, 0.717) is 23.7 Å². The number of anilines is 1. The number of methoxy groups -OCH3 is 1. The van der Waals surface area contributed by atoms with Crippen molar-refractivity contribution < 1.29 is 9.53 Å². The fraction of sp³-hybridized carbons (Fsp3) is 0.100. The van der Waals surface area contributed by atoms with Crippen LogP contribution in [0.5, 0.6) is 5.88 Å². The highest BCUT2D eigenvalue weighted by molar-refractivity contribution is 6.13. The van der Waals surface area contributed by atoms with Crippen molar-refractivity contribution in [2.45, 2.75) is 6.54 Å². The van der Waals surface area contributed by atoms with Crippen molar-refractivity contribution in [2.75, 3.05) is 12.4 Å². The standard InChI is InChI=1S/C20H17N5O2/c1-27-19-9-7-15(12-21-19)23-20(26)18-8-6-14(13-25-11-10-22-24-25)16-4-2-3-5-17(16)18/h2-12H,13H2,1H3,(H,23,26). The Labute approximate surface area is 155 Å². The van der Waals surface area contributed by atoms with Gasteiger partial charge in [0, 0.05) is 17.8 Å². The van der Waals surface area contributed by atoms with Crippen molar-refractivity contribution in [3.63, 3.8) is 0 Å². The molecule has 7 heteroatoms. The molecule has 2 heterocycles. The zero-order valence-electron chi connectivity index (χ0n) is 14.7. The average molecular weight is 359 g/mol. The van der Waals surface area contributed by atoms with E-state index in [-0.39, 0.29) is 5.91 Å². The number of benzene rings is 2. The van der Waals surface area contributed by atoms with Crippen LogP contribution < -0.4 is 10.1 Å². The fourth-order valence-corrected chi connectivity index (χ4v) is 2.96. The molecule has 0 saturated heterocycles. The zero-order chi connectivity index (χ0) is 18.6. The first kappa shape index (κ1) is 16.7. The smallest absolute Gasteiger partial charge is 0.256 e. The van der Waals surface area contributed by atoms with E-state index in [1.54, 1.807) is 36.3 Å². The number of pyridine rings is 1. The summed E-state index contributed by atoms with van der Waals surface area (Å²) in [5, 5.41) is 12.6. The molecule has 0 aliphatic carbocycles. The first-order valence-corrected chi connectivity index (χ1v) is 8.41. The lowest BCUT2D eigenvalue weighted by molar-refractivity contribution is 0.102. The van der Waals surface area contributed by atoms with Gasteiger partial charge in [-0.25, -0.2) is 9.67 Å². The summed E-state index contributed by atoms with van der Waals surface area (Å²) in [5.41, 5.74) is 2.28. The Hall–Kier alpha value is -3.74. The molecule has 0 spiro atoms. The molecule has 4 rings (SSSR count). The molecule has 0 radical (unpaired) electrons. The molecule has 0 fully saturated rings. The first-order chi connectivity index (χ1) is 13.2. The van der Waals surface area contributed by atoms with Crippen molar-refractivity contribution in [1.29, 1.82) is 0 Å². The lowest BCUT2D eigenvalue weighted by Gasteiger charge is -2.12. The van der Waals surface area contributed by atoms with Crippen molar-refractivity contribution >= 4 is 22.4 Å². The van der Waals surface area contributed by atoms with E-state index in [0.717, 1.165) is 16.3 Å². The van der Waals surface area contributed by atoms with Crippen LogP contribution in [-0.2, 0) is 6.54 Å². The molecular weight excluding hydrogens is 342 g/mol. The number of nitrogens with zero attached hydrogens (tertiary/aromatic N) is 4. The monoisotopic (exact) mass is 359 g/mol. The predicted molar refractivity (Wildman–Crippen MR) is 102 cm³/mol. The van der Waals surface area contributed by atoms with Gasteiger partial charge < -0.3 is 10.1 Å². The summed E-state index contributed by atoms with van der Waals surface area (Å²) in [6, 6.07) is 15.1. The van der Waals surface area contributed by atoms with Gasteiger partial charge in [0.15, 0.2) is 0 Å². The predicted octanol–water partition coefficient (Wildman–Crippen LogP) is 3.14. The van der Waals surface area contributed by atoms with E-state index in [1.165, 1.54) is 0 Å². The number of ether oxygens (including phenoxy) is 1. The lowest BCUT2D eigenvalue weighted by Crippen LogP contribution is -2.13. The summed E-state index contributed by atoms with van der Waals surface area (Å²) in [4.78, 5) is 16.9. The Kier molecular flexibility index (Phi) is 4.49. The zero-order valence-corrected chi connectivity index (χ0v) is 14.7. The highest BCUT2D eigenvalue weighted by Gasteiger charge is 2.13. The maximum atomic E-state index is 12.8. The van der Waals surface area contributed by atoms with Crippen LogP contribution in [0.1, 0.15) is 15.9 Å². The minimum absolute atomic E-state index is 0.189. The number of carbonyl (C=O) groups is 1. The largest absolute Gasteiger partial charge is 0.481 e. The van der Waals surface area contributed by atoms with Crippen LogP contribution in [0.25, 0.3) is 10.8 Å². The molecule has 0 aliphatic heterocycles. The van der Waals surface area contributed by atoms with E-state index < -0.39 is 0 Å². The Morgan fingerprint density at radius 1 is 1.11 bits per heavy atom. The van der Waals surface area contributed by atoms with Crippen LogP contribution in [-0.4, -0.2) is 33.0 Å². The quantitative estimate of drug-likeness (QED) is 0.592. The van der Waals surface area contributed by atoms with E-state index in [4.69, 9.17) is 4.74 Å². The molecule has 7 nitrogen and oxygen atoms in total. The molecule has 2 aromatic carbocycles. The normalized spacial score (nSPS) is 10.7. The number of fused-ring (bicyclic) bond motifs is 1. The van der Waals surface area contributed by atoms with Gasteiger partial charge in [-0.2, -0.15) is 0 Å². The molecule has 0 bridgehead atoms. The summed E-state index contributed by atoms with van der Waals surface area (Å²) in [6.07, 6.45) is 5.02. The van der Waals surface area contributed by atoms with E-state index in [1.807, 2.05) is 42.6 Å². The Bertz CT molecular complexity index is 1080. The molecule has 4 aromatic rings. The number of carbonyl (C=O) groups excluding carboxylic acids is 1. The molecule has 0 aliphatic rings. The minimum atomic E-state index is -0.189. The topological polar surface area (TPSA) is 81.9 Å². The van der Waals surface area contributed by atoms with Gasteiger partial charge in [0.2, 0.25) is 5.88 Å². The second-order valence-electron chi connectivity index (χ2n) is 5.96. The van der Waals surface area contributed by atoms with E-state index >= 15 is 0 Å². The number of rotatable bonds is 5. The Morgan fingerprint density at radius 2 is 1.96 bits per heavy atom. The van der Waals surface area contributed by atoms with Crippen LogP contribution in [0.2, 0.25) is 0 Å². The third-order valence-corrected chi connectivity index (χ3v) is 4.27. The third kappa shape index (κ3) is 3.48. The Morgan fingerprint density at radius 3 is 2.67 bits per heavy atom. The summed E-state index contributed by atoms with van der Waals surface area (Å²) >= 11 is 0. The van der Waals surface area contributed by atoms with Gasteiger partial charge in [0.1, 0.15) is 0 Å². The van der Waals surface area contributed by atoms with Crippen LogP contribution in [0.3, 0.4) is 0 Å².